The molecular formula is C13H14FNO5S. The van der Waals surface area contributed by atoms with E-state index >= 15 is 0 Å². The number of aliphatic carboxylic acids is 1. The number of amides is 1. The van der Waals surface area contributed by atoms with E-state index in [-0.39, 0.29) is 23.5 Å². The van der Waals surface area contributed by atoms with Gasteiger partial charge in [-0.15, -0.1) is 0 Å². The van der Waals surface area contributed by atoms with Gasteiger partial charge in [0.05, 0.1) is 11.5 Å². The minimum Gasteiger partial charge on any atom is -0.480 e. The quantitative estimate of drug-likeness (QED) is 0.875. The van der Waals surface area contributed by atoms with E-state index in [2.05, 4.69) is 0 Å². The van der Waals surface area contributed by atoms with Gasteiger partial charge < -0.3 is 10.0 Å². The molecule has 0 radical (unpaired) electrons. The van der Waals surface area contributed by atoms with Crippen molar-refractivity contribution in [3.8, 4) is 0 Å². The predicted octanol–water partition coefficient (Wildman–Crippen LogP) is 0.540. The van der Waals surface area contributed by atoms with Crippen molar-refractivity contribution in [1.82, 2.24) is 4.90 Å². The zero-order valence-electron chi connectivity index (χ0n) is 11.0. The lowest BCUT2D eigenvalue weighted by Crippen LogP contribution is -2.44. The predicted molar refractivity (Wildman–Crippen MR) is 72.1 cm³/mol. The molecule has 6 nitrogen and oxygen atoms in total. The number of hydrogen-bond acceptors (Lipinski definition) is 4. The Labute approximate surface area is 121 Å². The Balaban J connectivity index is 2.25. The number of carboxylic acids is 1. The summed E-state index contributed by atoms with van der Waals surface area (Å²) in [5.41, 5.74) is 0.127. The minimum absolute atomic E-state index is 0.0650. The van der Waals surface area contributed by atoms with Crippen molar-refractivity contribution in [1.29, 1.82) is 0 Å². The second-order valence-electron chi connectivity index (χ2n) is 4.89. The van der Waals surface area contributed by atoms with Crippen LogP contribution in [0.25, 0.3) is 0 Å². The maximum atomic E-state index is 12.9. The summed E-state index contributed by atoms with van der Waals surface area (Å²) in [6.07, 6.45) is 0.211. The largest absolute Gasteiger partial charge is 0.480 e. The summed E-state index contributed by atoms with van der Waals surface area (Å²) in [6.45, 7) is -0.587. The van der Waals surface area contributed by atoms with Crippen LogP contribution in [0.1, 0.15) is 16.8 Å². The van der Waals surface area contributed by atoms with Crippen molar-refractivity contribution in [3.63, 3.8) is 0 Å². The van der Waals surface area contributed by atoms with E-state index in [1.807, 2.05) is 0 Å². The van der Waals surface area contributed by atoms with Gasteiger partial charge in [0.25, 0.3) is 5.91 Å². The molecule has 0 aliphatic carbocycles. The van der Waals surface area contributed by atoms with E-state index in [1.165, 1.54) is 12.1 Å². The SMILES string of the molecule is O=C(O)CN(C(=O)c1ccc(F)cc1)C1CCS(=O)(=O)C1. The number of hydrogen-bond donors (Lipinski definition) is 1. The summed E-state index contributed by atoms with van der Waals surface area (Å²) < 4.78 is 35.9. The van der Waals surface area contributed by atoms with Crippen LogP contribution in [-0.4, -0.2) is 54.4 Å². The first-order valence-corrected chi connectivity index (χ1v) is 8.09. The monoisotopic (exact) mass is 315 g/mol. The Morgan fingerprint density at radius 3 is 2.38 bits per heavy atom. The standard InChI is InChI=1S/C13H14FNO5S/c14-10-3-1-9(2-4-10)13(18)15(7-12(16)17)11-5-6-21(19,20)8-11/h1-4,11H,5-8H2,(H,16,17). The second kappa shape index (κ2) is 5.80. The Morgan fingerprint density at radius 1 is 1.29 bits per heavy atom. The molecule has 0 aromatic heterocycles. The van der Waals surface area contributed by atoms with Gasteiger partial charge in [-0.1, -0.05) is 0 Å². The van der Waals surface area contributed by atoms with Crippen LogP contribution < -0.4 is 0 Å². The van der Waals surface area contributed by atoms with Crippen LogP contribution in [0.4, 0.5) is 4.39 Å². The number of carbonyl (C=O) groups excluding carboxylic acids is 1. The number of carbonyl (C=O) groups is 2. The molecule has 1 saturated heterocycles. The number of rotatable bonds is 4. The molecule has 1 atom stereocenters. The Morgan fingerprint density at radius 2 is 1.90 bits per heavy atom. The van der Waals surface area contributed by atoms with Gasteiger partial charge in [0.2, 0.25) is 0 Å². The molecule has 1 unspecified atom stereocenters. The normalized spacial score (nSPS) is 20.1. The molecule has 1 fully saturated rings. The van der Waals surface area contributed by atoms with Crippen molar-refractivity contribution in [2.75, 3.05) is 18.1 Å². The summed E-state index contributed by atoms with van der Waals surface area (Å²) in [6, 6.07) is 4.02. The second-order valence-corrected chi connectivity index (χ2v) is 7.12. The molecule has 2 rings (SSSR count). The molecule has 1 aromatic carbocycles. The highest BCUT2D eigenvalue weighted by Crippen LogP contribution is 2.20. The average Bonchev–Trinajstić information content (AvgIpc) is 2.76. The third kappa shape index (κ3) is 3.78. The third-order valence-electron chi connectivity index (χ3n) is 3.31. The first kappa shape index (κ1) is 15.4. The van der Waals surface area contributed by atoms with E-state index in [9.17, 15) is 22.4 Å². The van der Waals surface area contributed by atoms with Gasteiger partial charge in [0.15, 0.2) is 9.84 Å². The molecule has 21 heavy (non-hydrogen) atoms. The summed E-state index contributed by atoms with van der Waals surface area (Å²) in [5, 5.41) is 8.91. The Hall–Kier alpha value is -1.96. The van der Waals surface area contributed by atoms with Crippen LogP contribution in [0.2, 0.25) is 0 Å². The van der Waals surface area contributed by atoms with E-state index in [4.69, 9.17) is 5.11 Å². The Bertz CT molecular complexity index is 656. The average molecular weight is 315 g/mol. The molecule has 0 saturated carbocycles. The molecule has 1 heterocycles. The molecule has 1 N–H and O–H groups in total. The number of carboxylic acid groups (broad SMARTS) is 1. The van der Waals surface area contributed by atoms with E-state index in [0.717, 1.165) is 17.0 Å². The van der Waals surface area contributed by atoms with Crippen molar-refractivity contribution < 1.29 is 27.5 Å². The van der Waals surface area contributed by atoms with Gasteiger partial charge in [-0.25, -0.2) is 12.8 Å². The highest BCUT2D eigenvalue weighted by atomic mass is 32.2. The molecular weight excluding hydrogens is 301 g/mol. The van der Waals surface area contributed by atoms with Crippen LogP contribution in [0.3, 0.4) is 0 Å². The van der Waals surface area contributed by atoms with Gasteiger partial charge >= 0.3 is 5.97 Å². The molecule has 1 aliphatic rings. The highest BCUT2D eigenvalue weighted by Gasteiger charge is 2.35. The fourth-order valence-corrected chi connectivity index (χ4v) is 4.02. The molecule has 1 aromatic rings. The van der Waals surface area contributed by atoms with Crippen LogP contribution in [0, 0.1) is 5.82 Å². The number of sulfone groups is 1. The van der Waals surface area contributed by atoms with E-state index < -0.39 is 40.1 Å². The van der Waals surface area contributed by atoms with Crippen LogP contribution >= 0.6 is 0 Å². The van der Waals surface area contributed by atoms with Gasteiger partial charge in [0.1, 0.15) is 12.4 Å². The molecule has 1 amide bonds. The fourth-order valence-electron chi connectivity index (χ4n) is 2.29. The number of benzene rings is 1. The summed E-state index contributed by atoms with van der Waals surface area (Å²) in [7, 11) is -3.25. The maximum absolute atomic E-state index is 12.9. The number of nitrogens with zero attached hydrogens (tertiary/aromatic N) is 1. The molecule has 1 aliphatic heterocycles. The van der Waals surface area contributed by atoms with Crippen LogP contribution in [-0.2, 0) is 14.6 Å². The smallest absolute Gasteiger partial charge is 0.323 e. The maximum Gasteiger partial charge on any atom is 0.323 e. The van der Waals surface area contributed by atoms with Crippen molar-refractivity contribution >= 4 is 21.7 Å². The summed E-state index contributed by atoms with van der Waals surface area (Å²) in [4.78, 5) is 24.3. The van der Waals surface area contributed by atoms with Gasteiger partial charge in [-0.2, -0.15) is 0 Å². The minimum atomic E-state index is -3.25. The lowest BCUT2D eigenvalue weighted by Gasteiger charge is -2.26. The van der Waals surface area contributed by atoms with E-state index in [1.54, 1.807) is 0 Å². The highest BCUT2D eigenvalue weighted by molar-refractivity contribution is 7.91. The topological polar surface area (TPSA) is 91.8 Å². The van der Waals surface area contributed by atoms with Crippen molar-refractivity contribution in [3.05, 3.63) is 35.6 Å². The lowest BCUT2D eigenvalue weighted by molar-refractivity contribution is -0.138. The van der Waals surface area contributed by atoms with E-state index in [0.29, 0.717) is 0 Å². The zero-order valence-corrected chi connectivity index (χ0v) is 11.8. The fraction of sp³-hybridized carbons (Fsp3) is 0.385. The lowest BCUT2D eigenvalue weighted by atomic mass is 10.1. The van der Waals surface area contributed by atoms with Crippen molar-refractivity contribution in [2.24, 2.45) is 0 Å². The third-order valence-corrected chi connectivity index (χ3v) is 5.06. The van der Waals surface area contributed by atoms with Crippen LogP contribution in [0.15, 0.2) is 24.3 Å². The zero-order chi connectivity index (χ0) is 15.6. The molecule has 114 valence electrons. The molecule has 8 heteroatoms. The number of halogens is 1. The molecule has 0 spiro atoms. The Kier molecular flexibility index (Phi) is 4.26. The van der Waals surface area contributed by atoms with Gasteiger partial charge in [-0.05, 0) is 30.7 Å². The summed E-state index contributed by atoms with van der Waals surface area (Å²) in [5.74, 6) is -2.66. The molecule has 0 bridgehead atoms. The van der Waals surface area contributed by atoms with Crippen molar-refractivity contribution in [2.45, 2.75) is 12.5 Å². The van der Waals surface area contributed by atoms with Crippen LogP contribution in [0.5, 0.6) is 0 Å². The van der Waals surface area contributed by atoms with Gasteiger partial charge in [-0.3, -0.25) is 9.59 Å². The summed E-state index contributed by atoms with van der Waals surface area (Å²) >= 11 is 0. The first-order chi connectivity index (χ1) is 9.78. The van der Waals surface area contributed by atoms with Gasteiger partial charge in [0, 0.05) is 11.6 Å². The first-order valence-electron chi connectivity index (χ1n) is 6.27.